The van der Waals surface area contributed by atoms with E-state index in [1.807, 2.05) is 0 Å². The van der Waals surface area contributed by atoms with E-state index in [4.69, 9.17) is 4.43 Å². The monoisotopic (exact) mass is 387 g/mol. The van der Waals surface area contributed by atoms with Crippen molar-refractivity contribution in [3.8, 4) is 0 Å². The van der Waals surface area contributed by atoms with Gasteiger partial charge >= 0.3 is 12.1 Å². The Morgan fingerprint density at radius 2 is 1.92 bits per heavy atom. The van der Waals surface area contributed by atoms with Crippen LogP contribution in [0.3, 0.4) is 0 Å². The van der Waals surface area contributed by atoms with Crippen molar-refractivity contribution in [1.29, 1.82) is 0 Å². The quantitative estimate of drug-likeness (QED) is 0.335. The molecular weight excluding hydrogens is 354 g/mol. The fourth-order valence-corrected chi connectivity index (χ4v) is 4.49. The number of rotatable bonds is 8. The molecule has 0 saturated carbocycles. The molecule has 1 aliphatic heterocycles. The number of hydrogen-bond donors (Lipinski definition) is 3. The van der Waals surface area contributed by atoms with Gasteiger partial charge in [-0.2, -0.15) is 0 Å². The molecule has 0 aliphatic carbocycles. The van der Waals surface area contributed by atoms with Crippen LogP contribution in [0.25, 0.3) is 0 Å². The normalized spacial score (nSPS) is 26.8. The first-order valence-corrected chi connectivity index (χ1v) is 11.9. The van der Waals surface area contributed by atoms with Crippen molar-refractivity contribution >= 4 is 20.4 Å². The molecule has 0 aromatic rings. The van der Waals surface area contributed by atoms with Crippen LogP contribution in [-0.2, 0) is 9.22 Å². The molecule has 1 unspecified atom stereocenters. The van der Waals surface area contributed by atoms with Gasteiger partial charge in [-0.3, -0.25) is 4.90 Å². The third kappa shape index (κ3) is 4.47. The fourth-order valence-electron chi connectivity index (χ4n) is 3.40. The molecule has 26 heavy (non-hydrogen) atoms. The van der Waals surface area contributed by atoms with Gasteiger partial charge in [0.05, 0.1) is 12.6 Å². The summed E-state index contributed by atoms with van der Waals surface area (Å²) in [5, 5.41) is 29.6. The van der Waals surface area contributed by atoms with E-state index in [1.165, 1.54) is 0 Å². The molecule has 1 heterocycles. The Balaban J connectivity index is 2.94. The number of carboxylic acid groups (broad SMARTS) is 2. The van der Waals surface area contributed by atoms with Crippen LogP contribution in [0.4, 0.5) is 4.79 Å². The van der Waals surface area contributed by atoms with Crippen molar-refractivity contribution in [3.05, 3.63) is 12.7 Å². The van der Waals surface area contributed by atoms with Gasteiger partial charge in [-0.1, -0.05) is 26.8 Å². The molecule has 8 heteroatoms. The maximum Gasteiger partial charge on any atom is 0.408 e. The predicted octanol–water partition coefficient (Wildman–Crippen LogP) is 3.16. The summed E-state index contributed by atoms with van der Waals surface area (Å²) in [5.41, 5.74) is -1.08. The second-order valence-corrected chi connectivity index (χ2v) is 13.4. The molecule has 1 rings (SSSR count). The summed E-state index contributed by atoms with van der Waals surface area (Å²) in [4.78, 5) is 24.1. The summed E-state index contributed by atoms with van der Waals surface area (Å²) in [6.45, 7) is 14.6. The van der Waals surface area contributed by atoms with Crippen LogP contribution in [0.2, 0.25) is 18.1 Å². The second-order valence-electron chi connectivity index (χ2n) is 8.63. The number of allylic oxidation sites excluding steroid dienone is 1. The lowest BCUT2D eigenvalue weighted by Crippen LogP contribution is -2.49. The predicted molar refractivity (Wildman–Crippen MR) is 102 cm³/mol. The molecule has 0 spiro atoms. The van der Waals surface area contributed by atoms with Crippen molar-refractivity contribution < 1.29 is 29.3 Å². The van der Waals surface area contributed by atoms with Gasteiger partial charge in [-0.15, -0.1) is 6.58 Å². The number of likely N-dealkylation sites (tertiary alicyclic amines) is 1. The molecule has 150 valence electrons. The second kappa shape index (κ2) is 8.10. The number of carbonyl (C=O) groups is 2. The number of nitrogens with zero attached hydrogens (tertiary/aromatic N) is 1. The molecular formula is C18H33NO6Si. The van der Waals surface area contributed by atoms with Crippen LogP contribution in [0, 0.1) is 5.41 Å². The first-order chi connectivity index (χ1) is 11.8. The average Bonchev–Trinajstić information content (AvgIpc) is 2.77. The van der Waals surface area contributed by atoms with Gasteiger partial charge in [0.15, 0.2) is 8.32 Å². The van der Waals surface area contributed by atoms with Gasteiger partial charge in [-0.05, 0) is 37.4 Å². The minimum absolute atomic E-state index is 0.0718. The number of β-amino-alcohol motifs (C(OH)–C–C–N with tert-alkyl or cyclic N) is 1. The van der Waals surface area contributed by atoms with Crippen LogP contribution in [-0.4, -0.2) is 65.9 Å². The lowest BCUT2D eigenvalue weighted by atomic mass is 9.72. The maximum atomic E-state index is 11.8. The molecule has 1 saturated heterocycles. The standard InChI is InChI=1S/C18H33NO6Si/c1-7-9-18(10-8-11-25-26(5,6)17(2,3)4)13(20)12-19(16(23)24)14(18)15(21)22/h7,13-14,20H,1,8-12H2,2-6H3,(H,21,22)(H,23,24)/t13?,14-,18+/m1/s1. The van der Waals surface area contributed by atoms with Crippen LogP contribution in [0.5, 0.6) is 0 Å². The number of aliphatic carboxylic acids is 1. The highest BCUT2D eigenvalue weighted by molar-refractivity contribution is 6.74. The number of aliphatic hydroxyl groups excluding tert-OH is 1. The van der Waals surface area contributed by atoms with Gasteiger partial charge in [-0.25, -0.2) is 9.59 Å². The van der Waals surface area contributed by atoms with E-state index >= 15 is 0 Å². The Morgan fingerprint density at radius 3 is 2.35 bits per heavy atom. The van der Waals surface area contributed by atoms with E-state index in [2.05, 4.69) is 40.4 Å². The van der Waals surface area contributed by atoms with Gasteiger partial charge in [0.2, 0.25) is 0 Å². The molecule has 7 nitrogen and oxygen atoms in total. The molecule has 0 bridgehead atoms. The molecule has 3 atom stereocenters. The van der Waals surface area contributed by atoms with Crippen LogP contribution in [0.15, 0.2) is 12.7 Å². The molecule has 0 aromatic heterocycles. The lowest BCUT2D eigenvalue weighted by molar-refractivity contribution is -0.146. The average molecular weight is 388 g/mol. The Bertz CT molecular complexity index is 544. The molecule has 1 amide bonds. The number of carboxylic acids is 1. The van der Waals surface area contributed by atoms with Crippen LogP contribution in [0.1, 0.15) is 40.0 Å². The fraction of sp³-hybridized carbons (Fsp3) is 0.778. The van der Waals surface area contributed by atoms with Crippen LogP contribution < -0.4 is 0 Å². The van der Waals surface area contributed by atoms with Gasteiger partial charge in [0, 0.05) is 12.0 Å². The minimum Gasteiger partial charge on any atom is -0.480 e. The van der Waals surface area contributed by atoms with Gasteiger partial charge in [0.25, 0.3) is 0 Å². The number of amides is 1. The van der Waals surface area contributed by atoms with E-state index in [1.54, 1.807) is 6.08 Å². The third-order valence-corrected chi connectivity index (χ3v) is 10.5. The largest absolute Gasteiger partial charge is 0.480 e. The number of aliphatic hydroxyl groups is 1. The first-order valence-electron chi connectivity index (χ1n) is 8.95. The Kier molecular flexibility index (Phi) is 7.06. The summed E-state index contributed by atoms with van der Waals surface area (Å²) >= 11 is 0. The van der Waals surface area contributed by atoms with Gasteiger partial charge in [0.1, 0.15) is 6.04 Å². The smallest absolute Gasteiger partial charge is 0.408 e. The molecule has 3 N–H and O–H groups in total. The van der Waals surface area contributed by atoms with Crippen molar-refractivity contribution in [2.45, 2.75) is 70.3 Å². The van der Waals surface area contributed by atoms with E-state index in [0.717, 1.165) is 4.90 Å². The summed E-state index contributed by atoms with van der Waals surface area (Å²) < 4.78 is 6.14. The van der Waals surface area contributed by atoms with E-state index < -0.39 is 37.9 Å². The van der Waals surface area contributed by atoms with Crippen molar-refractivity contribution in [3.63, 3.8) is 0 Å². The Labute approximate surface area is 156 Å². The van der Waals surface area contributed by atoms with Gasteiger partial charge < -0.3 is 19.7 Å². The Hall–Kier alpha value is -1.38. The highest BCUT2D eigenvalue weighted by Gasteiger charge is 2.57. The molecule has 1 fully saturated rings. The molecule has 0 aromatic carbocycles. The van der Waals surface area contributed by atoms with E-state index in [-0.39, 0.29) is 18.0 Å². The third-order valence-electron chi connectivity index (χ3n) is 5.95. The lowest BCUT2D eigenvalue weighted by Gasteiger charge is -2.38. The van der Waals surface area contributed by atoms with Crippen molar-refractivity contribution in [2.75, 3.05) is 13.2 Å². The van der Waals surface area contributed by atoms with Crippen molar-refractivity contribution in [2.24, 2.45) is 5.41 Å². The maximum absolute atomic E-state index is 11.8. The summed E-state index contributed by atoms with van der Waals surface area (Å²) in [5.74, 6) is -1.24. The van der Waals surface area contributed by atoms with E-state index in [0.29, 0.717) is 19.4 Å². The summed E-state index contributed by atoms with van der Waals surface area (Å²) in [6.07, 6.45) is 0.309. The SMILES string of the molecule is C=CC[C@]1(CCCO[Si](C)(C)C(C)(C)C)C(O)CN(C(=O)O)[C@@H]1C(=O)O. The van der Waals surface area contributed by atoms with Crippen LogP contribution >= 0.6 is 0 Å². The highest BCUT2D eigenvalue weighted by Crippen LogP contribution is 2.45. The van der Waals surface area contributed by atoms with Crippen molar-refractivity contribution in [1.82, 2.24) is 4.90 Å². The summed E-state index contributed by atoms with van der Waals surface area (Å²) in [6, 6.07) is -1.29. The zero-order valence-electron chi connectivity index (χ0n) is 16.5. The minimum atomic E-state index is -1.92. The summed E-state index contributed by atoms with van der Waals surface area (Å²) in [7, 11) is -1.92. The zero-order valence-corrected chi connectivity index (χ0v) is 17.5. The Morgan fingerprint density at radius 1 is 1.35 bits per heavy atom. The molecule has 1 aliphatic rings. The zero-order chi connectivity index (χ0) is 20.3. The topological polar surface area (TPSA) is 107 Å². The highest BCUT2D eigenvalue weighted by atomic mass is 28.4. The van der Waals surface area contributed by atoms with E-state index in [9.17, 15) is 24.9 Å². The first kappa shape index (κ1) is 22.7. The number of hydrogen-bond acceptors (Lipinski definition) is 4. The molecule has 0 radical (unpaired) electrons.